The molecular formula is C23H33F3O. The smallest absolute Gasteiger partial charge is 0.380 e. The number of hydrogen-bond acceptors (Lipinski definition) is 1. The fourth-order valence-electron chi connectivity index (χ4n) is 7.70. The number of halogens is 3. The molecule has 0 radical (unpaired) electrons. The summed E-state index contributed by atoms with van der Waals surface area (Å²) in [5.74, 6) is 2.26. The molecule has 1 unspecified atom stereocenters. The second-order valence-electron chi connectivity index (χ2n) is 10.5. The highest BCUT2D eigenvalue weighted by molar-refractivity contribution is 5.28. The van der Waals surface area contributed by atoms with Crippen LogP contribution in [-0.4, -0.2) is 16.9 Å². The zero-order chi connectivity index (χ0) is 19.8. The van der Waals surface area contributed by atoms with Gasteiger partial charge in [0.05, 0.1) is 0 Å². The molecule has 27 heavy (non-hydrogen) atoms. The Balaban J connectivity index is 1.64. The van der Waals surface area contributed by atoms with Gasteiger partial charge in [-0.15, -0.1) is 0 Å². The normalized spacial score (nSPS) is 49.7. The first-order valence-corrected chi connectivity index (χ1v) is 10.6. The van der Waals surface area contributed by atoms with Crippen LogP contribution in [0.5, 0.6) is 0 Å². The predicted octanol–water partition coefficient (Wildman–Crippen LogP) is 6.43. The molecule has 4 heteroatoms. The Bertz CT molecular complexity index is 680. The van der Waals surface area contributed by atoms with Gasteiger partial charge in [-0.05, 0) is 86.4 Å². The number of hydrogen-bond donors (Lipinski definition) is 1. The molecule has 3 fully saturated rings. The SMILES string of the molecule is C=C(C)[C@H]1CC[C@H]2[C@@H]3CC=C4C[C@@](O)(C(F)(F)F)CC[C@]4(C)C3CC[C@]12C. The van der Waals surface area contributed by atoms with E-state index in [-0.39, 0.29) is 18.3 Å². The monoisotopic (exact) mass is 382 g/mol. The van der Waals surface area contributed by atoms with Gasteiger partial charge < -0.3 is 5.11 Å². The van der Waals surface area contributed by atoms with Crippen LogP contribution >= 0.6 is 0 Å². The maximum Gasteiger partial charge on any atom is 0.417 e. The van der Waals surface area contributed by atoms with Crippen LogP contribution in [0.1, 0.15) is 72.1 Å². The zero-order valence-corrected chi connectivity index (χ0v) is 16.8. The molecule has 4 rings (SSSR count). The minimum atomic E-state index is -4.54. The number of aliphatic hydroxyl groups is 1. The second-order valence-corrected chi connectivity index (χ2v) is 10.5. The van der Waals surface area contributed by atoms with Crippen LogP contribution in [0, 0.1) is 34.5 Å². The summed E-state index contributed by atoms with van der Waals surface area (Å²) in [5, 5.41) is 10.3. The summed E-state index contributed by atoms with van der Waals surface area (Å²) in [5.41, 5.74) is -0.246. The fourth-order valence-corrected chi connectivity index (χ4v) is 7.70. The van der Waals surface area contributed by atoms with Crippen molar-refractivity contribution < 1.29 is 18.3 Å². The number of fused-ring (bicyclic) bond motifs is 5. The first kappa shape index (κ1) is 19.5. The molecule has 0 spiro atoms. The van der Waals surface area contributed by atoms with Crippen molar-refractivity contribution in [3.63, 3.8) is 0 Å². The number of allylic oxidation sites excluding steroid dienone is 2. The van der Waals surface area contributed by atoms with E-state index in [9.17, 15) is 18.3 Å². The molecule has 0 aliphatic heterocycles. The molecule has 4 aliphatic carbocycles. The van der Waals surface area contributed by atoms with Gasteiger partial charge in [0, 0.05) is 6.42 Å². The van der Waals surface area contributed by atoms with Gasteiger partial charge >= 0.3 is 6.18 Å². The highest BCUT2D eigenvalue weighted by Gasteiger charge is 2.63. The average Bonchev–Trinajstić information content (AvgIpc) is 2.92. The quantitative estimate of drug-likeness (QED) is 0.518. The van der Waals surface area contributed by atoms with E-state index in [1.54, 1.807) is 0 Å². The lowest BCUT2D eigenvalue weighted by Crippen LogP contribution is -2.55. The standard InChI is InChI=1S/C23H33F3O/c1-14(2)17-7-8-18-16-6-5-15-13-22(27,23(24,25)26)12-11-20(15,3)19(16)9-10-21(17,18)4/h5,16-19,27H,1,6-13H2,2-4H3/t16-,17+,18-,19?,20-,21+,22+/m0/s1. The van der Waals surface area contributed by atoms with Crippen molar-refractivity contribution >= 4 is 0 Å². The molecule has 0 aromatic heterocycles. The van der Waals surface area contributed by atoms with Gasteiger partial charge in [0.25, 0.3) is 0 Å². The summed E-state index contributed by atoms with van der Waals surface area (Å²) in [6.45, 7) is 11.0. The van der Waals surface area contributed by atoms with E-state index in [0.29, 0.717) is 35.5 Å². The Morgan fingerprint density at radius 2 is 1.81 bits per heavy atom. The van der Waals surface area contributed by atoms with Gasteiger partial charge in [0.1, 0.15) is 0 Å². The fraction of sp³-hybridized carbons (Fsp3) is 0.826. The maximum atomic E-state index is 13.4. The number of rotatable bonds is 1. The molecule has 7 atom stereocenters. The van der Waals surface area contributed by atoms with Crippen molar-refractivity contribution in [3.8, 4) is 0 Å². The van der Waals surface area contributed by atoms with Crippen LogP contribution in [0.15, 0.2) is 23.8 Å². The third-order valence-corrected chi connectivity index (χ3v) is 9.29. The van der Waals surface area contributed by atoms with Crippen molar-refractivity contribution in [2.45, 2.75) is 83.9 Å². The Kier molecular flexibility index (Phi) is 4.25. The van der Waals surface area contributed by atoms with Gasteiger partial charge in [-0.1, -0.05) is 37.6 Å². The van der Waals surface area contributed by atoms with E-state index >= 15 is 0 Å². The van der Waals surface area contributed by atoms with Crippen molar-refractivity contribution in [1.82, 2.24) is 0 Å². The van der Waals surface area contributed by atoms with Gasteiger partial charge in [0.15, 0.2) is 5.60 Å². The van der Waals surface area contributed by atoms with Gasteiger partial charge in [-0.25, -0.2) is 0 Å². The summed E-state index contributed by atoms with van der Waals surface area (Å²) in [6.07, 6.45) is 3.16. The van der Waals surface area contributed by atoms with Crippen molar-refractivity contribution in [2.75, 3.05) is 0 Å². The second kappa shape index (κ2) is 5.87. The van der Waals surface area contributed by atoms with Crippen molar-refractivity contribution in [1.29, 1.82) is 0 Å². The highest BCUT2D eigenvalue weighted by atomic mass is 19.4. The Hall–Kier alpha value is -0.770. The van der Waals surface area contributed by atoms with Crippen LogP contribution in [0.4, 0.5) is 13.2 Å². The maximum absolute atomic E-state index is 13.4. The van der Waals surface area contributed by atoms with E-state index in [1.165, 1.54) is 18.4 Å². The third kappa shape index (κ3) is 2.61. The molecule has 3 saturated carbocycles. The largest absolute Gasteiger partial charge is 0.417 e. The van der Waals surface area contributed by atoms with Gasteiger partial charge in [0.2, 0.25) is 0 Å². The van der Waals surface area contributed by atoms with Crippen LogP contribution < -0.4 is 0 Å². The van der Waals surface area contributed by atoms with Gasteiger partial charge in [-0.2, -0.15) is 13.2 Å². The summed E-state index contributed by atoms with van der Waals surface area (Å²) < 4.78 is 40.2. The first-order chi connectivity index (χ1) is 12.4. The lowest BCUT2D eigenvalue weighted by molar-refractivity contribution is -0.271. The van der Waals surface area contributed by atoms with Gasteiger partial charge in [-0.3, -0.25) is 0 Å². The third-order valence-electron chi connectivity index (χ3n) is 9.29. The molecule has 0 aromatic rings. The summed E-state index contributed by atoms with van der Waals surface area (Å²) in [7, 11) is 0. The van der Waals surface area contributed by atoms with Crippen LogP contribution in [0.2, 0.25) is 0 Å². The highest BCUT2D eigenvalue weighted by Crippen LogP contribution is 2.68. The van der Waals surface area contributed by atoms with Crippen LogP contribution in [0.3, 0.4) is 0 Å². The molecule has 1 nitrogen and oxygen atoms in total. The summed E-state index contributed by atoms with van der Waals surface area (Å²) >= 11 is 0. The molecule has 0 aromatic carbocycles. The minimum absolute atomic E-state index is 0.163. The van der Waals surface area contributed by atoms with E-state index in [4.69, 9.17) is 0 Å². The molecule has 4 aliphatic rings. The van der Waals surface area contributed by atoms with E-state index < -0.39 is 11.8 Å². The topological polar surface area (TPSA) is 20.2 Å². The summed E-state index contributed by atoms with van der Waals surface area (Å²) in [6, 6.07) is 0. The molecule has 1 N–H and O–H groups in total. The summed E-state index contributed by atoms with van der Waals surface area (Å²) in [4.78, 5) is 0. The molecule has 152 valence electrons. The van der Waals surface area contributed by atoms with Crippen molar-refractivity contribution in [2.24, 2.45) is 34.5 Å². The van der Waals surface area contributed by atoms with E-state index in [2.05, 4.69) is 33.4 Å². The average molecular weight is 383 g/mol. The molecule has 0 amide bonds. The Morgan fingerprint density at radius 3 is 2.44 bits per heavy atom. The van der Waals surface area contributed by atoms with Crippen LogP contribution in [-0.2, 0) is 0 Å². The molecule has 0 bridgehead atoms. The van der Waals surface area contributed by atoms with E-state index in [0.717, 1.165) is 24.8 Å². The van der Waals surface area contributed by atoms with E-state index in [1.807, 2.05) is 0 Å². The van der Waals surface area contributed by atoms with Crippen molar-refractivity contribution in [3.05, 3.63) is 23.8 Å². The minimum Gasteiger partial charge on any atom is -0.380 e. The molecule has 0 heterocycles. The Morgan fingerprint density at radius 1 is 1.11 bits per heavy atom. The molecule has 0 saturated heterocycles. The van der Waals surface area contributed by atoms with Crippen LogP contribution in [0.25, 0.3) is 0 Å². The zero-order valence-electron chi connectivity index (χ0n) is 16.8. The predicted molar refractivity (Wildman–Crippen MR) is 101 cm³/mol. The molecular weight excluding hydrogens is 349 g/mol. The lowest BCUT2D eigenvalue weighted by atomic mass is 9.46. The Labute approximate surface area is 161 Å². The number of alkyl halides is 3. The first-order valence-electron chi connectivity index (χ1n) is 10.6. The lowest BCUT2D eigenvalue weighted by Gasteiger charge is -2.59.